The number of azo groups is 1. The maximum Gasteiger partial charge on any atom is 0.294 e. The second-order valence-corrected chi connectivity index (χ2v) is 11.0. The summed E-state index contributed by atoms with van der Waals surface area (Å²) in [5, 5.41) is 13.4. The zero-order chi connectivity index (χ0) is 26.1. The molecule has 0 spiro atoms. The lowest BCUT2D eigenvalue weighted by Gasteiger charge is -2.13. The number of carbonyl (C=O) groups is 1. The molecule has 0 fully saturated rings. The van der Waals surface area contributed by atoms with E-state index in [2.05, 4.69) is 20.1 Å². The summed E-state index contributed by atoms with van der Waals surface area (Å²) in [4.78, 5) is 12.6. The largest absolute Gasteiger partial charge is 0.294 e. The Morgan fingerprint density at radius 2 is 1.61 bits per heavy atom. The lowest BCUT2D eigenvalue weighted by Crippen LogP contribution is -2.29. The molecule has 3 aromatic rings. The minimum atomic E-state index is -4.37. The molecule has 0 saturated heterocycles. The maximum absolute atomic E-state index is 12.9. The smallest absolute Gasteiger partial charge is 0.282 e. The molecule has 1 amide bonds. The monoisotopic (exact) mass is 527 g/mol. The van der Waals surface area contributed by atoms with Crippen molar-refractivity contribution in [3.05, 3.63) is 78.4 Å². The predicted octanol–water partition coefficient (Wildman–Crippen LogP) is 3.92. The number of rotatable bonds is 7. The second kappa shape index (κ2) is 9.60. The topological polar surface area (TPSA) is 158 Å². The van der Waals surface area contributed by atoms with Gasteiger partial charge in [-0.05, 0) is 67.9 Å². The first-order chi connectivity index (χ1) is 17.0. The standard InChI is InChI=1S/C23H21N5O6S2/c1-15-8-9-18(14-21(15)35(30,31)27-17-6-4-3-5-7-17)24-25-22-16(2)26-28(23(22)29)19-10-12-20(13-11-19)36(32,33)34/h3-14,22,27H,1-2H3,(H,32,33,34). The Hall–Kier alpha value is -3.94. The molecule has 4 rings (SSSR count). The molecule has 1 unspecified atom stereocenters. The van der Waals surface area contributed by atoms with Crippen LogP contribution in [0.5, 0.6) is 0 Å². The summed E-state index contributed by atoms with van der Waals surface area (Å²) < 4.78 is 59.9. The van der Waals surface area contributed by atoms with Crippen molar-refractivity contribution in [3.63, 3.8) is 0 Å². The molecule has 3 aromatic carbocycles. The van der Waals surface area contributed by atoms with E-state index in [4.69, 9.17) is 4.55 Å². The number of hydrogen-bond acceptors (Lipinski definition) is 8. The highest BCUT2D eigenvalue weighted by atomic mass is 32.2. The van der Waals surface area contributed by atoms with Crippen LogP contribution in [-0.2, 0) is 24.9 Å². The number of sulfonamides is 1. The molecule has 1 atom stereocenters. The summed E-state index contributed by atoms with van der Waals surface area (Å²) in [7, 11) is -8.27. The molecule has 0 aromatic heterocycles. The van der Waals surface area contributed by atoms with Gasteiger partial charge in [-0.1, -0.05) is 24.3 Å². The number of amides is 1. The van der Waals surface area contributed by atoms with Crippen LogP contribution in [0.25, 0.3) is 0 Å². The molecule has 2 N–H and O–H groups in total. The first-order valence-corrected chi connectivity index (χ1v) is 13.4. The van der Waals surface area contributed by atoms with E-state index in [1.807, 2.05) is 0 Å². The average Bonchev–Trinajstić information content (AvgIpc) is 3.11. The van der Waals surface area contributed by atoms with E-state index in [1.54, 1.807) is 56.3 Å². The fourth-order valence-electron chi connectivity index (χ4n) is 3.41. The SMILES string of the molecule is CC1=NN(c2ccc(S(=O)(=O)O)cc2)C(=O)C1N=Nc1ccc(C)c(S(=O)(=O)Nc2ccccc2)c1. The molecular formula is C23H21N5O6S2. The maximum atomic E-state index is 12.9. The van der Waals surface area contributed by atoms with Gasteiger partial charge < -0.3 is 0 Å². The number of nitrogens with zero attached hydrogens (tertiary/aromatic N) is 4. The normalized spacial score (nSPS) is 16.4. The number of carbonyl (C=O) groups excluding carboxylic acids is 1. The first kappa shape index (κ1) is 25.2. The zero-order valence-corrected chi connectivity index (χ0v) is 20.7. The van der Waals surface area contributed by atoms with E-state index >= 15 is 0 Å². The van der Waals surface area contributed by atoms with Crippen molar-refractivity contribution < 1.29 is 26.2 Å². The van der Waals surface area contributed by atoms with Crippen LogP contribution in [0.1, 0.15) is 12.5 Å². The van der Waals surface area contributed by atoms with E-state index in [0.717, 1.165) is 17.1 Å². The summed E-state index contributed by atoms with van der Waals surface area (Å²) in [5.41, 5.74) is 1.77. The average molecular weight is 528 g/mol. The van der Waals surface area contributed by atoms with Gasteiger partial charge in [-0.3, -0.25) is 14.1 Å². The van der Waals surface area contributed by atoms with Crippen molar-refractivity contribution in [2.24, 2.45) is 15.3 Å². The first-order valence-electron chi connectivity index (χ1n) is 10.5. The lowest BCUT2D eigenvalue weighted by molar-refractivity contribution is -0.117. The van der Waals surface area contributed by atoms with E-state index in [9.17, 15) is 21.6 Å². The summed E-state index contributed by atoms with van der Waals surface area (Å²) in [5.74, 6) is -0.526. The van der Waals surface area contributed by atoms with Crippen LogP contribution in [-0.4, -0.2) is 39.0 Å². The van der Waals surface area contributed by atoms with Crippen LogP contribution in [0, 0.1) is 6.92 Å². The highest BCUT2D eigenvalue weighted by Gasteiger charge is 2.35. The number of para-hydroxylation sites is 1. The molecule has 0 aliphatic carbocycles. The van der Waals surface area contributed by atoms with Crippen LogP contribution >= 0.6 is 0 Å². The van der Waals surface area contributed by atoms with Crippen molar-refractivity contribution >= 4 is 48.8 Å². The number of nitrogens with one attached hydrogen (secondary N) is 1. The molecule has 36 heavy (non-hydrogen) atoms. The molecule has 11 nitrogen and oxygen atoms in total. The van der Waals surface area contributed by atoms with E-state index < -0.39 is 32.1 Å². The van der Waals surface area contributed by atoms with Crippen LogP contribution in [0.2, 0.25) is 0 Å². The Morgan fingerprint density at radius 3 is 2.25 bits per heavy atom. The van der Waals surface area contributed by atoms with Gasteiger partial charge in [-0.2, -0.15) is 28.8 Å². The van der Waals surface area contributed by atoms with Crippen molar-refractivity contribution in [1.29, 1.82) is 0 Å². The van der Waals surface area contributed by atoms with Gasteiger partial charge in [0, 0.05) is 5.69 Å². The van der Waals surface area contributed by atoms with Gasteiger partial charge in [0.05, 0.1) is 26.9 Å². The molecule has 1 heterocycles. The Morgan fingerprint density at radius 1 is 0.944 bits per heavy atom. The van der Waals surface area contributed by atoms with Crippen LogP contribution in [0.3, 0.4) is 0 Å². The number of anilines is 2. The van der Waals surface area contributed by atoms with Gasteiger partial charge in [0.15, 0.2) is 6.04 Å². The summed E-state index contributed by atoms with van der Waals surface area (Å²) in [6.07, 6.45) is 0. The van der Waals surface area contributed by atoms with E-state index in [-0.39, 0.29) is 21.2 Å². The minimum Gasteiger partial charge on any atom is -0.282 e. The van der Waals surface area contributed by atoms with Crippen molar-refractivity contribution in [2.45, 2.75) is 29.7 Å². The second-order valence-electron chi connectivity index (χ2n) is 7.90. The van der Waals surface area contributed by atoms with Crippen LogP contribution in [0.4, 0.5) is 17.1 Å². The Balaban J connectivity index is 1.55. The van der Waals surface area contributed by atoms with Gasteiger partial charge >= 0.3 is 0 Å². The van der Waals surface area contributed by atoms with Crippen molar-refractivity contribution in [3.8, 4) is 0 Å². The summed E-state index contributed by atoms with van der Waals surface area (Å²) in [6, 6.07) is 16.9. The van der Waals surface area contributed by atoms with Crippen LogP contribution < -0.4 is 9.73 Å². The van der Waals surface area contributed by atoms with E-state index in [0.29, 0.717) is 17.0 Å². The predicted molar refractivity (Wildman–Crippen MR) is 134 cm³/mol. The quantitative estimate of drug-likeness (QED) is 0.350. The molecule has 13 heteroatoms. The molecular weight excluding hydrogens is 506 g/mol. The molecule has 0 radical (unpaired) electrons. The van der Waals surface area contributed by atoms with Crippen molar-refractivity contribution in [2.75, 3.05) is 9.73 Å². The Labute approximate surface area is 208 Å². The molecule has 0 saturated carbocycles. The molecule has 1 aliphatic heterocycles. The number of hydrogen-bond donors (Lipinski definition) is 2. The van der Waals surface area contributed by atoms with Gasteiger partial charge in [0.1, 0.15) is 0 Å². The van der Waals surface area contributed by atoms with Gasteiger partial charge in [0.25, 0.3) is 26.0 Å². The molecule has 1 aliphatic rings. The third kappa shape index (κ3) is 5.32. The van der Waals surface area contributed by atoms with Crippen LogP contribution in [0.15, 0.2) is 97.9 Å². The highest BCUT2D eigenvalue weighted by molar-refractivity contribution is 7.92. The van der Waals surface area contributed by atoms with Gasteiger partial charge in [0.2, 0.25) is 0 Å². The Bertz CT molecular complexity index is 1590. The number of benzene rings is 3. The highest BCUT2D eigenvalue weighted by Crippen LogP contribution is 2.27. The summed E-state index contributed by atoms with van der Waals surface area (Å²) >= 11 is 0. The van der Waals surface area contributed by atoms with Crippen molar-refractivity contribution in [1.82, 2.24) is 0 Å². The zero-order valence-electron chi connectivity index (χ0n) is 19.1. The number of aryl methyl sites for hydroxylation is 1. The number of hydrazone groups is 1. The lowest BCUT2D eigenvalue weighted by atomic mass is 10.2. The third-order valence-electron chi connectivity index (χ3n) is 5.25. The fraction of sp³-hybridized carbons (Fsp3) is 0.130. The fourth-order valence-corrected chi connectivity index (χ4v) is 5.22. The minimum absolute atomic E-state index is 0.0199. The summed E-state index contributed by atoms with van der Waals surface area (Å²) in [6.45, 7) is 3.24. The molecule has 0 bridgehead atoms. The van der Waals surface area contributed by atoms with Gasteiger partial charge in [-0.15, -0.1) is 0 Å². The van der Waals surface area contributed by atoms with E-state index in [1.165, 1.54) is 18.2 Å². The third-order valence-corrected chi connectivity index (χ3v) is 7.64. The Kier molecular flexibility index (Phi) is 6.71. The van der Waals surface area contributed by atoms with Gasteiger partial charge in [-0.25, -0.2) is 8.42 Å². The molecule has 186 valence electrons.